The zero-order chi connectivity index (χ0) is 19.7. The lowest BCUT2D eigenvalue weighted by molar-refractivity contribution is -0.116. The van der Waals surface area contributed by atoms with Gasteiger partial charge in [0, 0.05) is 42.3 Å². The number of likely N-dealkylation sites (tertiary alicyclic amines) is 1. The SMILES string of the molecule is CC(C)CC(=O)Nc1ccc(-c2cn3c(C(=O)N4CCCC4)csc3n2)cc1. The van der Waals surface area contributed by atoms with Crippen molar-refractivity contribution in [1.29, 1.82) is 0 Å². The van der Waals surface area contributed by atoms with E-state index in [2.05, 4.69) is 10.3 Å². The molecule has 0 aliphatic carbocycles. The predicted octanol–water partition coefficient (Wildman–Crippen LogP) is 4.28. The largest absolute Gasteiger partial charge is 0.337 e. The number of imidazole rings is 1. The quantitative estimate of drug-likeness (QED) is 0.700. The summed E-state index contributed by atoms with van der Waals surface area (Å²) in [6, 6.07) is 7.66. The van der Waals surface area contributed by atoms with Crippen LogP contribution in [0.4, 0.5) is 5.69 Å². The Balaban J connectivity index is 1.53. The van der Waals surface area contributed by atoms with Crippen LogP contribution in [0.3, 0.4) is 0 Å². The fourth-order valence-corrected chi connectivity index (χ4v) is 4.31. The Hall–Kier alpha value is -2.67. The number of fused-ring (bicyclic) bond motifs is 1. The first kappa shape index (κ1) is 18.7. The molecule has 0 saturated carbocycles. The van der Waals surface area contributed by atoms with Crippen molar-refractivity contribution < 1.29 is 9.59 Å². The van der Waals surface area contributed by atoms with Gasteiger partial charge in [0.2, 0.25) is 5.91 Å². The fourth-order valence-electron chi connectivity index (χ4n) is 3.47. The number of benzene rings is 1. The van der Waals surface area contributed by atoms with Crippen LogP contribution in [0, 0.1) is 5.92 Å². The minimum Gasteiger partial charge on any atom is -0.337 e. The van der Waals surface area contributed by atoms with Crippen LogP contribution < -0.4 is 5.32 Å². The second-order valence-electron chi connectivity index (χ2n) is 7.62. The van der Waals surface area contributed by atoms with Gasteiger partial charge >= 0.3 is 0 Å². The van der Waals surface area contributed by atoms with Crippen molar-refractivity contribution in [2.75, 3.05) is 18.4 Å². The number of amides is 2. The highest BCUT2D eigenvalue weighted by Crippen LogP contribution is 2.26. The number of thiazole rings is 1. The van der Waals surface area contributed by atoms with Gasteiger partial charge in [-0.3, -0.25) is 14.0 Å². The summed E-state index contributed by atoms with van der Waals surface area (Å²) in [6.07, 6.45) is 4.58. The van der Waals surface area contributed by atoms with Gasteiger partial charge in [0.1, 0.15) is 5.69 Å². The zero-order valence-electron chi connectivity index (χ0n) is 16.1. The van der Waals surface area contributed by atoms with E-state index in [0.717, 1.165) is 47.8 Å². The van der Waals surface area contributed by atoms with E-state index < -0.39 is 0 Å². The molecule has 3 aromatic rings. The average Bonchev–Trinajstić information content (AvgIpc) is 3.38. The van der Waals surface area contributed by atoms with Gasteiger partial charge < -0.3 is 10.2 Å². The van der Waals surface area contributed by atoms with Crippen molar-refractivity contribution in [3.05, 3.63) is 41.5 Å². The number of aromatic nitrogens is 2. The van der Waals surface area contributed by atoms with Crippen molar-refractivity contribution in [3.63, 3.8) is 0 Å². The monoisotopic (exact) mass is 396 g/mol. The van der Waals surface area contributed by atoms with E-state index in [4.69, 9.17) is 0 Å². The fraction of sp³-hybridized carbons (Fsp3) is 0.381. The molecule has 146 valence electrons. The molecule has 0 spiro atoms. The molecule has 1 aliphatic heterocycles. The second-order valence-corrected chi connectivity index (χ2v) is 8.46. The predicted molar refractivity (Wildman–Crippen MR) is 112 cm³/mol. The van der Waals surface area contributed by atoms with Gasteiger partial charge in [0.15, 0.2) is 4.96 Å². The number of hydrogen-bond donors (Lipinski definition) is 1. The summed E-state index contributed by atoms with van der Waals surface area (Å²) in [6.45, 7) is 5.72. The normalized spacial score (nSPS) is 14.2. The van der Waals surface area contributed by atoms with E-state index in [9.17, 15) is 9.59 Å². The summed E-state index contributed by atoms with van der Waals surface area (Å²) >= 11 is 1.48. The van der Waals surface area contributed by atoms with Crippen LogP contribution in [0.5, 0.6) is 0 Å². The minimum absolute atomic E-state index is 0.0234. The Labute approximate surface area is 168 Å². The molecule has 3 heterocycles. The van der Waals surface area contributed by atoms with Crippen LogP contribution in [-0.4, -0.2) is 39.2 Å². The lowest BCUT2D eigenvalue weighted by Gasteiger charge is -2.13. The summed E-state index contributed by atoms with van der Waals surface area (Å²) in [7, 11) is 0. The van der Waals surface area contributed by atoms with Gasteiger partial charge in [-0.1, -0.05) is 26.0 Å². The Morgan fingerprint density at radius 2 is 1.89 bits per heavy atom. The summed E-state index contributed by atoms with van der Waals surface area (Å²) in [5.41, 5.74) is 3.23. The molecule has 0 radical (unpaired) electrons. The lowest BCUT2D eigenvalue weighted by atomic mass is 10.1. The number of anilines is 1. The van der Waals surface area contributed by atoms with Crippen LogP contribution >= 0.6 is 11.3 Å². The highest BCUT2D eigenvalue weighted by molar-refractivity contribution is 7.15. The van der Waals surface area contributed by atoms with E-state index >= 15 is 0 Å². The zero-order valence-corrected chi connectivity index (χ0v) is 17.0. The molecule has 1 fully saturated rings. The van der Waals surface area contributed by atoms with Gasteiger partial charge in [0.05, 0.1) is 5.69 Å². The molecule has 2 amide bonds. The first-order valence-corrected chi connectivity index (χ1v) is 10.6. The number of nitrogens with zero attached hydrogens (tertiary/aromatic N) is 3. The Kier molecular flexibility index (Phi) is 5.17. The van der Waals surface area contributed by atoms with Crippen LogP contribution in [0.15, 0.2) is 35.8 Å². The van der Waals surface area contributed by atoms with Gasteiger partial charge in [-0.15, -0.1) is 11.3 Å². The third-order valence-corrected chi connectivity index (χ3v) is 5.72. The summed E-state index contributed by atoms with van der Waals surface area (Å²) < 4.78 is 1.89. The van der Waals surface area contributed by atoms with E-state index in [0.29, 0.717) is 18.0 Å². The molecule has 28 heavy (non-hydrogen) atoms. The topological polar surface area (TPSA) is 66.7 Å². The standard InChI is InChI=1S/C21H24N4O2S/c1-14(2)11-19(26)22-16-7-5-15(6-8-16)17-12-25-18(13-28-21(25)23-17)20(27)24-9-3-4-10-24/h5-8,12-14H,3-4,9-11H2,1-2H3,(H,22,26). The molecular formula is C21H24N4O2S. The first-order valence-electron chi connectivity index (χ1n) is 9.67. The maximum absolute atomic E-state index is 12.7. The molecule has 1 saturated heterocycles. The van der Waals surface area contributed by atoms with E-state index in [1.807, 2.05) is 59.0 Å². The number of nitrogens with one attached hydrogen (secondary N) is 1. The highest BCUT2D eigenvalue weighted by Gasteiger charge is 2.23. The van der Waals surface area contributed by atoms with Crippen molar-refractivity contribution in [2.24, 2.45) is 5.92 Å². The molecule has 0 bridgehead atoms. The molecule has 1 N–H and O–H groups in total. The smallest absolute Gasteiger partial charge is 0.271 e. The average molecular weight is 397 g/mol. The maximum Gasteiger partial charge on any atom is 0.271 e. The van der Waals surface area contributed by atoms with Crippen LogP contribution in [-0.2, 0) is 4.79 Å². The van der Waals surface area contributed by atoms with Gasteiger partial charge in [-0.2, -0.15) is 0 Å². The van der Waals surface area contributed by atoms with E-state index in [1.54, 1.807) is 0 Å². The van der Waals surface area contributed by atoms with Crippen LogP contribution in [0.2, 0.25) is 0 Å². The van der Waals surface area contributed by atoms with Gasteiger partial charge in [-0.25, -0.2) is 4.98 Å². The Morgan fingerprint density at radius 1 is 1.18 bits per heavy atom. The molecule has 0 atom stereocenters. The van der Waals surface area contributed by atoms with Crippen molar-refractivity contribution >= 4 is 33.8 Å². The molecule has 0 unspecified atom stereocenters. The first-order chi connectivity index (χ1) is 13.5. The molecule has 2 aromatic heterocycles. The number of rotatable bonds is 5. The molecule has 4 rings (SSSR count). The minimum atomic E-state index is 0.0234. The molecule has 6 nitrogen and oxygen atoms in total. The lowest BCUT2D eigenvalue weighted by Crippen LogP contribution is -2.28. The van der Waals surface area contributed by atoms with Crippen molar-refractivity contribution in [1.82, 2.24) is 14.3 Å². The van der Waals surface area contributed by atoms with Gasteiger partial charge in [-0.05, 0) is 30.9 Å². The van der Waals surface area contributed by atoms with Crippen molar-refractivity contribution in [2.45, 2.75) is 33.1 Å². The van der Waals surface area contributed by atoms with E-state index in [1.165, 1.54) is 11.3 Å². The van der Waals surface area contributed by atoms with Crippen LogP contribution in [0.1, 0.15) is 43.6 Å². The number of carbonyl (C=O) groups is 2. The van der Waals surface area contributed by atoms with Crippen molar-refractivity contribution in [3.8, 4) is 11.3 Å². The third-order valence-electron chi connectivity index (χ3n) is 4.88. The second kappa shape index (κ2) is 7.75. The maximum atomic E-state index is 12.7. The third kappa shape index (κ3) is 3.80. The van der Waals surface area contributed by atoms with Gasteiger partial charge in [0.25, 0.3) is 5.91 Å². The highest BCUT2D eigenvalue weighted by atomic mass is 32.1. The molecule has 1 aliphatic rings. The summed E-state index contributed by atoms with van der Waals surface area (Å²) in [4.78, 5) is 32.0. The Morgan fingerprint density at radius 3 is 2.57 bits per heavy atom. The van der Waals surface area contributed by atoms with E-state index in [-0.39, 0.29) is 11.8 Å². The molecule has 7 heteroatoms. The number of hydrogen-bond acceptors (Lipinski definition) is 4. The summed E-state index contributed by atoms with van der Waals surface area (Å²) in [5.74, 6) is 0.432. The summed E-state index contributed by atoms with van der Waals surface area (Å²) in [5, 5.41) is 4.81. The molecular weight excluding hydrogens is 372 g/mol. The Bertz CT molecular complexity index is 997. The van der Waals surface area contributed by atoms with Crippen LogP contribution in [0.25, 0.3) is 16.2 Å². The number of carbonyl (C=O) groups excluding carboxylic acids is 2. The molecule has 1 aromatic carbocycles.